The summed E-state index contributed by atoms with van der Waals surface area (Å²) in [6.07, 6.45) is 5.24. The Balaban J connectivity index is 1.77. The SMILES string of the molecule is COc1ccc(/C=C/C(=O)NCC(=O)N2CCCC2)cc1. The maximum atomic E-state index is 11.8. The number of nitrogens with one attached hydrogen (secondary N) is 1. The topological polar surface area (TPSA) is 58.6 Å². The van der Waals surface area contributed by atoms with Gasteiger partial charge in [-0.05, 0) is 36.6 Å². The van der Waals surface area contributed by atoms with Crippen molar-refractivity contribution < 1.29 is 14.3 Å². The molecule has 0 spiro atoms. The van der Waals surface area contributed by atoms with Crippen molar-refractivity contribution in [1.29, 1.82) is 0 Å². The standard InChI is InChI=1S/C16H20N2O3/c1-21-14-7-4-13(5-8-14)6-9-15(19)17-12-16(20)18-10-2-3-11-18/h4-9H,2-3,10-12H2,1H3,(H,17,19)/b9-6+. The van der Waals surface area contributed by atoms with Crippen molar-refractivity contribution in [3.8, 4) is 5.75 Å². The third-order valence-electron chi connectivity index (χ3n) is 3.42. The number of amides is 2. The molecule has 1 heterocycles. The number of methoxy groups -OCH3 is 1. The second kappa shape index (κ2) is 7.47. The van der Waals surface area contributed by atoms with Crippen LogP contribution in [-0.2, 0) is 9.59 Å². The molecule has 0 aromatic heterocycles. The average molecular weight is 288 g/mol. The zero-order chi connectivity index (χ0) is 15.1. The highest BCUT2D eigenvalue weighted by molar-refractivity contribution is 5.94. The van der Waals surface area contributed by atoms with Crippen LogP contribution in [0.25, 0.3) is 6.08 Å². The molecular formula is C16H20N2O3. The number of carbonyl (C=O) groups is 2. The molecule has 0 saturated carbocycles. The smallest absolute Gasteiger partial charge is 0.244 e. The van der Waals surface area contributed by atoms with Crippen LogP contribution >= 0.6 is 0 Å². The first-order chi connectivity index (χ1) is 10.2. The molecule has 1 N–H and O–H groups in total. The number of hydrogen-bond donors (Lipinski definition) is 1. The molecule has 1 fully saturated rings. The predicted molar refractivity (Wildman–Crippen MR) is 80.9 cm³/mol. The van der Waals surface area contributed by atoms with Crippen LogP contribution in [0.1, 0.15) is 18.4 Å². The highest BCUT2D eigenvalue weighted by Crippen LogP contribution is 2.12. The first-order valence-electron chi connectivity index (χ1n) is 7.07. The van der Waals surface area contributed by atoms with Gasteiger partial charge in [0.1, 0.15) is 5.75 Å². The third kappa shape index (κ3) is 4.63. The van der Waals surface area contributed by atoms with Gasteiger partial charge in [-0.25, -0.2) is 0 Å². The lowest BCUT2D eigenvalue weighted by molar-refractivity contribution is -0.131. The highest BCUT2D eigenvalue weighted by Gasteiger charge is 2.17. The molecule has 1 aromatic rings. The fourth-order valence-corrected chi connectivity index (χ4v) is 2.19. The Hall–Kier alpha value is -2.30. The Morgan fingerprint density at radius 3 is 2.52 bits per heavy atom. The van der Waals surface area contributed by atoms with Crippen LogP contribution in [0.2, 0.25) is 0 Å². The predicted octanol–water partition coefficient (Wildman–Crippen LogP) is 1.45. The van der Waals surface area contributed by atoms with E-state index in [0.717, 1.165) is 37.2 Å². The quantitative estimate of drug-likeness (QED) is 0.834. The zero-order valence-corrected chi connectivity index (χ0v) is 12.2. The Bertz CT molecular complexity index is 517. The molecule has 1 aliphatic heterocycles. The van der Waals surface area contributed by atoms with Crippen LogP contribution in [0.5, 0.6) is 5.75 Å². The number of benzene rings is 1. The van der Waals surface area contributed by atoms with Crippen molar-refractivity contribution in [2.24, 2.45) is 0 Å². The zero-order valence-electron chi connectivity index (χ0n) is 12.2. The summed E-state index contributed by atoms with van der Waals surface area (Å²) < 4.78 is 5.06. The van der Waals surface area contributed by atoms with Crippen molar-refractivity contribution in [3.63, 3.8) is 0 Å². The van der Waals surface area contributed by atoms with Gasteiger partial charge in [0.15, 0.2) is 0 Å². The fraction of sp³-hybridized carbons (Fsp3) is 0.375. The number of nitrogens with zero attached hydrogens (tertiary/aromatic N) is 1. The van der Waals surface area contributed by atoms with Crippen LogP contribution in [0.4, 0.5) is 0 Å². The molecule has 0 aliphatic carbocycles. The molecule has 5 nitrogen and oxygen atoms in total. The van der Waals surface area contributed by atoms with Gasteiger partial charge in [-0.1, -0.05) is 12.1 Å². The molecule has 2 amide bonds. The van der Waals surface area contributed by atoms with E-state index in [2.05, 4.69) is 5.32 Å². The number of hydrogen-bond acceptors (Lipinski definition) is 3. The molecule has 0 radical (unpaired) electrons. The van der Waals surface area contributed by atoms with Gasteiger partial charge in [0.25, 0.3) is 0 Å². The summed E-state index contributed by atoms with van der Waals surface area (Å²) in [5.74, 6) is 0.491. The van der Waals surface area contributed by atoms with E-state index in [-0.39, 0.29) is 18.4 Å². The molecule has 1 aliphatic rings. The van der Waals surface area contributed by atoms with Crippen LogP contribution < -0.4 is 10.1 Å². The van der Waals surface area contributed by atoms with Crippen molar-refractivity contribution in [1.82, 2.24) is 10.2 Å². The number of rotatable bonds is 5. The maximum Gasteiger partial charge on any atom is 0.244 e. The molecule has 1 saturated heterocycles. The van der Waals surface area contributed by atoms with Gasteiger partial charge in [0, 0.05) is 19.2 Å². The summed E-state index contributed by atoms with van der Waals surface area (Å²) >= 11 is 0. The van der Waals surface area contributed by atoms with Gasteiger partial charge in [-0.15, -0.1) is 0 Å². The minimum absolute atomic E-state index is 0.0151. The lowest BCUT2D eigenvalue weighted by atomic mass is 10.2. The molecular weight excluding hydrogens is 268 g/mol. The normalized spacial score (nSPS) is 14.4. The van der Waals surface area contributed by atoms with E-state index < -0.39 is 0 Å². The Kier molecular flexibility index (Phi) is 5.37. The van der Waals surface area contributed by atoms with Crippen molar-refractivity contribution in [3.05, 3.63) is 35.9 Å². The van der Waals surface area contributed by atoms with E-state index in [0.29, 0.717) is 0 Å². The van der Waals surface area contributed by atoms with Crippen LogP contribution in [0, 0.1) is 0 Å². The highest BCUT2D eigenvalue weighted by atomic mass is 16.5. The summed E-state index contributed by atoms with van der Waals surface area (Å²) in [6, 6.07) is 7.37. The van der Waals surface area contributed by atoms with E-state index >= 15 is 0 Å². The largest absolute Gasteiger partial charge is 0.497 e. The van der Waals surface area contributed by atoms with Crippen LogP contribution in [-0.4, -0.2) is 43.5 Å². The number of likely N-dealkylation sites (tertiary alicyclic amines) is 1. The minimum atomic E-state index is -0.265. The first-order valence-corrected chi connectivity index (χ1v) is 7.07. The Morgan fingerprint density at radius 2 is 1.90 bits per heavy atom. The molecule has 21 heavy (non-hydrogen) atoms. The summed E-state index contributed by atoms with van der Waals surface area (Å²) in [4.78, 5) is 25.2. The summed E-state index contributed by atoms with van der Waals surface area (Å²) in [5.41, 5.74) is 0.900. The van der Waals surface area contributed by atoms with Gasteiger partial charge < -0.3 is 15.0 Å². The summed E-state index contributed by atoms with van der Waals surface area (Å²) in [6.45, 7) is 1.67. The Morgan fingerprint density at radius 1 is 1.24 bits per heavy atom. The van der Waals surface area contributed by atoms with Crippen molar-refractivity contribution >= 4 is 17.9 Å². The van der Waals surface area contributed by atoms with Crippen molar-refractivity contribution in [2.45, 2.75) is 12.8 Å². The molecule has 0 bridgehead atoms. The van der Waals surface area contributed by atoms with Crippen LogP contribution in [0.15, 0.2) is 30.3 Å². The average Bonchev–Trinajstić information content (AvgIpc) is 3.05. The maximum absolute atomic E-state index is 11.8. The van der Waals surface area contributed by atoms with Gasteiger partial charge in [-0.2, -0.15) is 0 Å². The van der Waals surface area contributed by atoms with E-state index in [1.54, 1.807) is 18.1 Å². The van der Waals surface area contributed by atoms with E-state index in [1.807, 2.05) is 24.3 Å². The number of ether oxygens (including phenoxy) is 1. The van der Waals surface area contributed by atoms with Gasteiger partial charge >= 0.3 is 0 Å². The van der Waals surface area contributed by atoms with Crippen LogP contribution in [0.3, 0.4) is 0 Å². The Labute approximate surface area is 124 Å². The fourth-order valence-electron chi connectivity index (χ4n) is 2.19. The van der Waals surface area contributed by atoms with E-state index in [4.69, 9.17) is 4.74 Å². The summed E-state index contributed by atoms with van der Waals surface area (Å²) in [5, 5.41) is 2.61. The molecule has 5 heteroatoms. The van der Waals surface area contributed by atoms with E-state index in [1.165, 1.54) is 6.08 Å². The molecule has 112 valence electrons. The monoisotopic (exact) mass is 288 g/mol. The number of carbonyl (C=O) groups excluding carboxylic acids is 2. The minimum Gasteiger partial charge on any atom is -0.497 e. The molecule has 2 rings (SSSR count). The van der Waals surface area contributed by atoms with Gasteiger partial charge in [0.05, 0.1) is 13.7 Å². The lowest BCUT2D eigenvalue weighted by Gasteiger charge is -2.14. The van der Waals surface area contributed by atoms with E-state index in [9.17, 15) is 9.59 Å². The molecule has 0 unspecified atom stereocenters. The first kappa shape index (κ1) is 15.1. The summed E-state index contributed by atoms with van der Waals surface area (Å²) in [7, 11) is 1.61. The van der Waals surface area contributed by atoms with Gasteiger partial charge in [0.2, 0.25) is 11.8 Å². The molecule has 1 aromatic carbocycles. The second-order valence-corrected chi connectivity index (χ2v) is 4.91. The lowest BCUT2D eigenvalue weighted by Crippen LogP contribution is -2.38. The third-order valence-corrected chi connectivity index (χ3v) is 3.42. The second-order valence-electron chi connectivity index (χ2n) is 4.91. The van der Waals surface area contributed by atoms with Gasteiger partial charge in [-0.3, -0.25) is 9.59 Å². The molecule has 0 atom stereocenters. The van der Waals surface area contributed by atoms with Crippen molar-refractivity contribution in [2.75, 3.05) is 26.7 Å².